The lowest BCUT2D eigenvalue weighted by atomic mass is 9.66. The Morgan fingerprint density at radius 3 is 1.76 bits per heavy atom. The fraction of sp³-hybridized carbons (Fsp3) is 0.429. The van der Waals surface area contributed by atoms with Crippen LogP contribution in [0, 0.1) is 11.3 Å². The second-order valence-electron chi connectivity index (χ2n) is 8.26. The summed E-state index contributed by atoms with van der Waals surface area (Å²) in [5.74, 6) is 0.331. The van der Waals surface area contributed by atoms with Crippen molar-refractivity contribution in [3.63, 3.8) is 0 Å². The van der Waals surface area contributed by atoms with Gasteiger partial charge in [0.15, 0.2) is 0 Å². The van der Waals surface area contributed by atoms with Gasteiger partial charge in [-0.2, -0.15) is 0 Å². The molecule has 4 heteroatoms. The quantitative estimate of drug-likeness (QED) is 0.802. The van der Waals surface area contributed by atoms with E-state index in [4.69, 9.17) is 15.9 Å². The maximum atomic E-state index is 6.91. The molecule has 0 amide bonds. The van der Waals surface area contributed by atoms with Crippen molar-refractivity contribution in [1.82, 2.24) is 0 Å². The maximum Gasteiger partial charge on any atom is 0.240 e. The predicted molar refractivity (Wildman–Crippen MR) is 108 cm³/mol. The molecule has 1 aliphatic carbocycles. The van der Waals surface area contributed by atoms with Crippen molar-refractivity contribution in [3.8, 4) is 0 Å². The molecular formula is C21H30N2OSi. The van der Waals surface area contributed by atoms with Gasteiger partial charge >= 0.3 is 0 Å². The van der Waals surface area contributed by atoms with Crippen LogP contribution in [0.3, 0.4) is 0 Å². The van der Waals surface area contributed by atoms with Gasteiger partial charge in [-0.3, -0.25) is 0 Å². The molecule has 134 valence electrons. The van der Waals surface area contributed by atoms with Gasteiger partial charge < -0.3 is 15.9 Å². The van der Waals surface area contributed by atoms with Gasteiger partial charge in [0, 0.05) is 18.0 Å². The predicted octanol–water partition coefficient (Wildman–Crippen LogP) is 1.63. The van der Waals surface area contributed by atoms with E-state index in [2.05, 4.69) is 81.4 Å². The number of benzene rings is 2. The Hall–Kier alpha value is -1.46. The molecule has 4 N–H and O–H groups in total. The Morgan fingerprint density at radius 1 is 0.920 bits per heavy atom. The smallest absolute Gasteiger partial charge is 0.240 e. The minimum atomic E-state index is -1.79. The topological polar surface area (TPSA) is 61.3 Å². The van der Waals surface area contributed by atoms with Gasteiger partial charge in [0.25, 0.3) is 0 Å². The Kier molecular flexibility index (Phi) is 5.44. The molecule has 3 rings (SSSR count). The Morgan fingerprint density at radius 2 is 1.40 bits per heavy atom. The van der Waals surface area contributed by atoms with Crippen molar-refractivity contribution in [2.24, 2.45) is 22.8 Å². The Balaban J connectivity index is 1.93. The first kappa shape index (κ1) is 18.3. The third-order valence-corrected chi connectivity index (χ3v) is 7.81. The minimum Gasteiger partial charge on any atom is -0.407 e. The first-order valence-corrected chi connectivity index (χ1v) is 10.8. The second-order valence-corrected chi connectivity index (χ2v) is 10.6. The monoisotopic (exact) mass is 354 g/mol. The molecule has 3 nitrogen and oxygen atoms in total. The summed E-state index contributed by atoms with van der Waals surface area (Å²) in [5.41, 5.74) is 12.4. The number of hydrogen-bond acceptors (Lipinski definition) is 3. The lowest BCUT2D eigenvalue weighted by Crippen LogP contribution is -2.65. The van der Waals surface area contributed by atoms with Gasteiger partial charge in [0.1, 0.15) is 0 Å². The van der Waals surface area contributed by atoms with E-state index in [0.717, 1.165) is 6.42 Å². The van der Waals surface area contributed by atoms with Crippen molar-refractivity contribution in [2.75, 3.05) is 0 Å². The van der Waals surface area contributed by atoms with Crippen molar-refractivity contribution in [3.05, 3.63) is 60.7 Å². The third kappa shape index (κ3) is 4.03. The Bertz CT molecular complexity index is 632. The molecule has 25 heavy (non-hydrogen) atoms. The highest BCUT2D eigenvalue weighted by Gasteiger charge is 2.46. The standard InChI is InChI=1S/C21H30N2OSi/c1-21(2,3)20(17-14-18(22)19(17)23)24-25(15-10-6-4-7-11-15)16-12-8-5-9-13-16/h4-13,17-20,25H,14,22-23H2,1-3H3/t17?,18-,19+,20?/m0/s1. The summed E-state index contributed by atoms with van der Waals surface area (Å²) in [4.78, 5) is 0. The molecule has 2 unspecified atom stereocenters. The molecular weight excluding hydrogens is 324 g/mol. The second kappa shape index (κ2) is 7.42. The van der Waals surface area contributed by atoms with E-state index in [0.29, 0.717) is 5.92 Å². The van der Waals surface area contributed by atoms with Crippen molar-refractivity contribution < 1.29 is 4.43 Å². The van der Waals surface area contributed by atoms with Crippen LogP contribution in [0.4, 0.5) is 0 Å². The van der Waals surface area contributed by atoms with Crippen LogP contribution in [0.1, 0.15) is 27.2 Å². The van der Waals surface area contributed by atoms with Crippen molar-refractivity contribution in [2.45, 2.75) is 45.4 Å². The fourth-order valence-electron chi connectivity index (χ4n) is 3.77. The molecule has 2 aromatic carbocycles. The molecule has 0 aliphatic heterocycles. The summed E-state index contributed by atoms with van der Waals surface area (Å²) in [7, 11) is -1.79. The van der Waals surface area contributed by atoms with Gasteiger partial charge in [-0.05, 0) is 22.2 Å². The van der Waals surface area contributed by atoms with Gasteiger partial charge in [0.05, 0.1) is 6.10 Å². The molecule has 0 bridgehead atoms. The van der Waals surface area contributed by atoms with Crippen LogP contribution in [0.15, 0.2) is 60.7 Å². The van der Waals surface area contributed by atoms with Crippen LogP contribution < -0.4 is 21.8 Å². The summed E-state index contributed by atoms with van der Waals surface area (Å²) in [6, 6.07) is 21.4. The molecule has 0 saturated heterocycles. The molecule has 0 heterocycles. The molecule has 1 saturated carbocycles. The molecule has 0 spiro atoms. The van der Waals surface area contributed by atoms with Crippen LogP contribution >= 0.6 is 0 Å². The van der Waals surface area contributed by atoms with Gasteiger partial charge in [0.2, 0.25) is 9.04 Å². The van der Waals surface area contributed by atoms with Gasteiger partial charge in [-0.15, -0.1) is 0 Å². The molecule has 1 fully saturated rings. The van der Waals surface area contributed by atoms with Crippen LogP contribution in [0.2, 0.25) is 0 Å². The summed E-state index contributed by atoms with van der Waals surface area (Å²) < 4.78 is 6.91. The lowest BCUT2D eigenvalue weighted by Gasteiger charge is -2.50. The number of hydrogen-bond donors (Lipinski definition) is 2. The number of nitrogens with two attached hydrogens (primary N) is 2. The van der Waals surface area contributed by atoms with E-state index in [1.807, 2.05) is 0 Å². The van der Waals surface area contributed by atoms with E-state index in [1.165, 1.54) is 10.4 Å². The zero-order chi connectivity index (χ0) is 18.0. The zero-order valence-corrected chi connectivity index (χ0v) is 16.6. The lowest BCUT2D eigenvalue weighted by molar-refractivity contribution is -0.0179. The van der Waals surface area contributed by atoms with E-state index in [1.54, 1.807) is 0 Å². The van der Waals surface area contributed by atoms with Crippen LogP contribution in [-0.4, -0.2) is 27.2 Å². The van der Waals surface area contributed by atoms with Crippen LogP contribution in [0.25, 0.3) is 0 Å². The average Bonchev–Trinajstić information content (AvgIpc) is 2.61. The van der Waals surface area contributed by atoms with Crippen molar-refractivity contribution >= 4 is 19.4 Å². The van der Waals surface area contributed by atoms with E-state index < -0.39 is 9.04 Å². The van der Waals surface area contributed by atoms with Crippen molar-refractivity contribution in [1.29, 1.82) is 0 Å². The largest absolute Gasteiger partial charge is 0.407 e. The van der Waals surface area contributed by atoms with Gasteiger partial charge in [-0.1, -0.05) is 81.4 Å². The third-order valence-electron chi connectivity index (χ3n) is 5.26. The highest BCUT2D eigenvalue weighted by atomic mass is 28.3. The van der Waals surface area contributed by atoms with Gasteiger partial charge in [-0.25, -0.2) is 0 Å². The summed E-state index contributed by atoms with van der Waals surface area (Å²) >= 11 is 0. The molecule has 0 radical (unpaired) electrons. The minimum absolute atomic E-state index is 0.0250. The van der Waals surface area contributed by atoms with E-state index in [9.17, 15) is 0 Å². The van der Waals surface area contributed by atoms with E-state index in [-0.39, 0.29) is 23.6 Å². The summed E-state index contributed by atoms with van der Waals surface area (Å²) in [6.45, 7) is 6.74. The highest BCUT2D eigenvalue weighted by molar-refractivity contribution is 6.80. The molecule has 4 atom stereocenters. The van der Waals surface area contributed by atoms with E-state index >= 15 is 0 Å². The molecule has 0 aromatic heterocycles. The van der Waals surface area contributed by atoms with Crippen LogP contribution in [0.5, 0.6) is 0 Å². The highest BCUT2D eigenvalue weighted by Crippen LogP contribution is 2.38. The number of rotatable bonds is 5. The van der Waals surface area contributed by atoms with Crippen LogP contribution in [-0.2, 0) is 4.43 Å². The first-order valence-electron chi connectivity index (χ1n) is 9.14. The SMILES string of the molecule is CC(C)(C)C(O[SiH](c1ccccc1)c1ccccc1)C1C[C@H](N)[C@@H]1N. The maximum absolute atomic E-state index is 6.91. The summed E-state index contributed by atoms with van der Waals surface area (Å²) in [6.07, 6.45) is 1.06. The average molecular weight is 355 g/mol. The molecule has 1 aliphatic rings. The normalized spacial score (nSPS) is 24.8. The molecule has 2 aromatic rings. The summed E-state index contributed by atoms with van der Waals surface area (Å²) in [5, 5.41) is 2.61. The Labute approximate surface area is 153 Å². The zero-order valence-electron chi connectivity index (χ0n) is 15.4. The first-order chi connectivity index (χ1) is 11.9. The fourth-order valence-corrected chi connectivity index (χ4v) is 6.52.